The molecule has 0 aromatic heterocycles. The number of hydrogen-bond donors (Lipinski definition) is 3. The van der Waals surface area contributed by atoms with E-state index in [4.69, 9.17) is 0 Å². The van der Waals surface area contributed by atoms with Crippen molar-refractivity contribution in [3.8, 4) is 0 Å². The number of thioether (sulfide) groups is 1. The molecule has 0 spiro atoms. The first-order valence-corrected chi connectivity index (χ1v) is 14.6. The first-order valence-electron chi connectivity index (χ1n) is 13.7. The molecule has 4 aromatic carbocycles. The molecule has 17 heteroatoms. The SMILES string of the molecule is CC(Sc1ccc(NC(=O)/C(=C/c2ccccc2[N+](=O)[O-])NC(=O)c2ccccc2)cc1)C(=O)Nc1c(F)c(F)c(C(F)(F)F)c(F)c1F. The number of carbonyl (C=O) groups is 3. The van der Waals surface area contributed by atoms with Crippen molar-refractivity contribution >= 4 is 52.6 Å². The van der Waals surface area contributed by atoms with E-state index in [0.717, 1.165) is 17.8 Å². The molecule has 0 saturated carbocycles. The van der Waals surface area contributed by atoms with Gasteiger partial charge in [0.05, 0.1) is 15.7 Å². The molecule has 49 heavy (non-hydrogen) atoms. The maximum atomic E-state index is 14.2. The summed E-state index contributed by atoms with van der Waals surface area (Å²) in [5, 5.41) is 16.8. The third-order valence-electron chi connectivity index (χ3n) is 6.55. The molecule has 3 N–H and O–H groups in total. The number of halogens is 7. The molecule has 3 amide bonds. The Morgan fingerprint density at radius 1 is 0.816 bits per heavy atom. The second-order valence-electron chi connectivity index (χ2n) is 9.93. The molecule has 4 aromatic rings. The smallest absolute Gasteiger partial charge is 0.321 e. The Morgan fingerprint density at radius 2 is 1.39 bits per heavy atom. The van der Waals surface area contributed by atoms with Crippen LogP contribution >= 0.6 is 11.8 Å². The van der Waals surface area contributed by atoms with E-state index >= 15 is 0 Å². The molecule has 9 nitrogen and oxygen atoms in total. The van der Waals surface area contributed by atoms with Crippen molar-refractivity contribution in [2.45, 2.75) is 23.2 Å². The summed E-state index contributed by atoms with van der Waals surface area (Å²) in [6.07, 6.45) is -4.62. The van der Waals surface area contributed by atoms with Crippen molar-refractivity contribution < 1.29 is 50.0 Å². The number of hydrogen-bond acceptors (Lipinski definition) is 6. The van der Waals surface area contributed by atoms with Crippen LogP contribution in [-0.4, -0.2) is 27.9 Å². The maximum Gasteiger partial charge on any atom is 0.422 e. The second-order valence-corrected chi connectivity index (χ2v) is 11.3. The number of rotatable bonds is 10. The lowest BCUT2D eigenvalue weighted by Gasteiger charge is -2.16. The summed E-state index contributed by atoms with van der Waals surface area (Å²) in [4.78, 5) is 49.8. The molecule has 0 fully saturated rings. The van der Waals surface area contributed by atoms with Crippen LogP contribution in [0.15, 0.2) is 89.5 Å². The molecule has 0 heterocycles. The van der Waals surface area contributed by atoms with E-state index in [1.807, 2.05) is 0 Å². The van der Waals surface area contributed by atoms with Gasteiger partial charge in [-0.3, -0.25) is 24.5 Å². The number of anilines is 2. The Morgan fingerprint density at radius 3 is 1.96 bits per heavy atom. The van der Waals surface area contributed by atoms with Crippen molar-refractivity contribution in [3.63, 3.8) is 0 Å². The van der Waals surface area contributed by atoms with Crippen LogP contribution in [0.25, 0.3) is 6.08 Å². The fraction of sp³-hybridized carbons (Fsp3) is 0.0938. The molecule has 4 rings (SSSR count). The summed E-state index contributed by atoms with van der Waals surface area (Å²) < 4.78 is 94.9. The number of nitrogens with one attached hydrogen (secondary N) is 3. The van der Waals surface area contributed by atoms with Gasteiger partial charge in [-0.25, -0.2) is 17.6 Å². The van der Waals surface area contributed by atoms with Crippen molar-refractivity contribution in [2.24, 2.45) is 0 Å². The van der Waals surface area contributed by atoms with E-state index in [1.165, 1.54) is 67.6 Å². The van der Waals surface area contributed by atoms with E-state index in [9.17, 15) is 55.2 Å². The largest absolute Gasteiger partial charge is 0.422 e. The van der Waals surface area contributed by atoms with Gasteiger partial charge in [0.25, 0.3) is 17.5 Å². The zero-order chi connectivity index (χ0) is 36.0. The normalized spacial score (nSPS) is 12.2. The quantitative estimate of drug-likeness (QED) is 0.0387. The Balaban J connectivity index is 1.49. The van der Waals surface area contributed by atoms with Crippen LogP contribution in [-0.2, 0) is 15.8 Å². The highest BCUT2D eigenvalue weighted by atomic mass is 32.2. The molecule has 1 atom stereocenters. The minimum absolute atomic E-state index is 0.0200. The van der Waals surface area contributed by atoms with Gasteiger partial charge < -0.3 is 16.0 Å². The van der Waals surface area contributed by atoms with Gasteiger partial charge in [0.15, 0.2) is 23.3 Å². The third kappa shape index (κ3) is 8.61. The van der Waals surface area contributed by atoms with Crippen molar-refractivity contribution in [3.05, 3.63) is 135 Å². The highest BCUT2D eigenvalue weighted by Gasteiger charge is 2.42. The van der Waals surface area contributed by atoms with Crippen LogP contribution in [0.2, 0.25) is 0 Å². The molecule has 0 aliphatic rings. The number of nitro benzene ring substituents is 1. The number of carbonyl (C=O) groups excluding carboxylic acids is 3. The fourth-order valence-corrected chi connectivity index (χ4v) is 5.03. The fourth-order valence-electron chi connectivity index (χ4n) is 4.16. The van der Waals surface area contributed by atoms with Crippen LogP contribution < -0.4 is 16.0 Å². The molecule has 0 bridgehead atoms. The van der Waals surface area contributed by atoms with Gasteiger partial charge in [0, 0.05) is 22.2 Å². The van der Waals surface area contributed by atoms with Crippen LogP contribution in [0.4, 0.5) is 47.8 Å². The number of benzene rings is 4. The Hall–Kier alpha value is -5.71. The zero-order valence-corrected chi connectivity index (χ0v) is 25.5. The lowest BCUT2D eigenvalue weighted by Crippen LogP contribution is -2.30. The summed E-state index contributed by atoms with van der Waals surface area (Å²) in [7, 11) is 0. The summed E-state index contributed by atoms with van der Waals surface area (Å²) in [6.45, 7) is 1.23. The molecular weight excluding hydrogens is 685 g/mol. The van der Waals surface area contributed by atoms with Gasteiger partial charge in [0.1, 0.15) is 16.9 Å². The monoisotopic (exact) mass is 706 g/mol. The predicted molar refractivity (Wildman–Crippen MR) is 165 cm³/mol. The van der Waals surface area contributed by atoms with Crippen LogP contribution in [0.5, 0.6) is 0 Å². The molecule has 0 aliphatic carbocycles. The van der Waals surface area contributed by atoms with E-state index in [-0.39, 0.29) is 28.2 Å². The minimum atomic E-state index is -5.75. The number of nitrogens with zero attached hydrogens (tertiary/aromatic N) is 1. The number of alkyl halides is 3. The number of amides is 3. The number of nitro groups is 1. The van der Waals surface area contributed by atoms with E-state index in [2.05, 4.69) is 10.6 Å². The van der Waals surface area contributed by atoms with Crippen LogP contribution in [0.1, 0.15) is 28.4 Å². The highest BCUT2D eigenvalue weighted by Crippen LogP contribution is 2.39. The minimum Gasteiger partial charge on any atom is -0.321 e. The van der Waals surface area contributed by atoms with Crippen molar-refractivity contribution in [1.82, 2.24) is 5.32 Å². The van der Waals surface area contributed by atoms with Crippen molar-refractivity contribution in [1.29, 1.82) is 0 Å². The average molecular weight is 707 g/mol. The molecule has 0 radical (unpaired) electrons. The summed E-state index contributed by atoms with van der Waals surface area (Å²) in [5.74, 6) is -13.1. The summed E-state index contributed by atoms with van der Waals surface area (Å²) in [6, 6.07) is 18.9. The van der Waals surface area contributed by atoms with Crippen molar-refractivity contribution in [2.75, 3.05) is 10.6 Å². The molecule has 0 aliphatic heterocycles. The lowest BCUT2D eigenvalue weighted by molar-refractivity contribution is -0.385. The molecule has 0 saturated heterocycles. The number of para-hydroxylation sites is 1. The first kappa shape index (κ1) is 36.1. The molecule has 254 valence electrons. The van der Waals surface area contributed by atoms with Gasteiger partial charge in [-0.05, 0) is 55.5 Å². The third-order valence-corrected chi connectivity index (χ3v) is 7.66. The molecular formula is C32H21F7N4O5S. The summed E-state index contributed by atoms with van der Waals surface area (Å²) in [5.41, 5.74) is -4.81. The molecule has 1 unspecified atom stereocenters. The second kappa shape index (κ2) is 15.0. The lowest BCUT2D eigenvalue weighted by atomic mass is 10.1. The maximum absolute atomic E-state index is 14.2. The topological polar surface area (TPSA) is 130 Å². The Kier molecular flexibility index (Phi) is 11.1. The van der Waals surface area contributed by atoms with Crippen LogP contribution in [0.3, 0.4) is 0 Å². The van der Waals surface area contributed by atoms with E-state index in [0.29, 0.717) is 4.90 Å². The first-order chi connectivity index (χ1) is 23.1. The predicted octanol–water partition coefficient (Wildman–Crippen LogP) is 7.70. The van der Waals surface area contributed by atoms with Gasteiger partial charge in [-0.15, -0.1) is 11.8 Å². The van der Waals surface area contributed by atoms with Crippen LogP contribution in [0, 0.1) is 33.4 Å². The highest BCUT2D eigenvalue weighted by molar-refractivity contribution is 8.00. The summed E-state index contributed by atoms with van der Waals surface area (Å²) >= 11 is 0.775. The van der Waals surface area contributed by atoms with E-state index in [1.54, 1.807) is 23.5 Å². The van der Waals surface area contributed by atoms with Gasteiger partial charge in [-0.1, -0.05) is 30.3 Å². The van der Waals surface area contributed by atoms with Gasteiger partial charge in [-0.2, -0.15) is 13.2 Å². The Bertz CT molecular complexity index is 1930. The average Bonchev–Trinajstić information content (AvgIpc) is 3.06. The van der Waals surface area contributed by atoms with Gasteiger partial charge >= 0.3 is 6.18 Å². The standard InChI is InChI=1S/C32H21F7N4O5S/c1-16(29(44)42-28-26(35)24(33)23(32(37,38)39)25(34)27(28)36)49-20-13-11-19(12-14-20)40-31(46)21(41-30(45)17-7-3-2-4-8-17)15-18-9-5-6-10-22(18)43(47)48/h2-16H,1H3,(H,40,46)(H,41,45)(H,42,44)/b21-15-. The van der Waals surface area contributed by atoms with Gasteiger partial charge in [0.2, 0.25) is 5.91 Å². The zero-order valence-electron chi connectivity index (χ0n) is 24.7. The van der Waals surface area contributed by atoms with E-state index < -0.39 is 68.6 Å². The Labute approximate surface area is 276 Å².